The third-order valence-corrected chi connectivity index (χ3v) is 5.38. The third-order valence-electron chi connectivity index (χ3n) is 5.38. The highest BCUT2D eigenvalue weighted by atomic mass is 16.5. The van der Waals surface area contributed by atoms with Gasteiger partial charge in [-0.2, -0.15) is 0 Å². The summed E-state index contributed by atoms with van der Waals surface area (Å²) < 4.78 is 16.1. The minimum absolute atomic E-state index is 0.0321. The Labute approximate surface area is 173 Å². The zero-order valence-corrected chi connectivity index (χ0v) is 17.5. The summed E-state index contributed by atoms with van der Waals surface area (Å²) in [7, 11) is 4.85. The first-order valence-electron chi connectivity index (χ1n) is 10.0. The van der Waals surface area contributed by atoms with E-state index in [1.807, 2.05) is 23.1 Å². The molecule has 3 rings (SSSR count). The van der Waals surface area contributed by atoms with Crippen LogP contribution in [0.4, 0.5) is 0 Å². The van der Waals surface area contributed by atoms with Crippen LogP contribution in [-0.2, 0) is 6.42 Å². The lowest BCUT2D eigenvalue weighted by Crippen LogP contribution is -2.49. The molecule has 29 heavy (non-hydrogen) atoms. The molecule has 0 N–H and O–H groups in total. The van der Waals surface area contributed by atoms with Gasteiger partial charge < -0.3 is 19.1 Å². The molecule has 0 spiro atoms. The summed E-state index contributed by atoms with van der Waals surface area (Å²) >= 11 is 0. The molecule has 156 valence electrons. The van der Waals surface area contributed by atoms with E-state index in [-0.39, 0.29) is 5.91 Å². The van der Waals surface area contributed by atoms with Crippen LogP contribution in [0.2, 0.25) is 0 Å². The number of hydrogen-bond donors (Lipinski definition) is 0. The third kappa shape index (κ3) is 5.21. The Kier molecular flexibility index (Phi) is 7.36. The van der Waals surface area contributed by atoms with Gasteiger partial charge in [0.15, 0.2) is 0 Å². The molecule has 6 heteroatoms. The summed E-state index contributed by atoms with van der Waals surface area (Å²) in [6.45, 7) is 4.19. The molecule has 0 radical (unpaired) electrons. The number of rotatable bonds is 8. The second-order valence-corrected chi connectivity index (χ2v) is 7.13. The number of aryl methyl sites for hydroxylation is 1. The number of hydrogen-bond acceptors (Lipinski definition) is 5. The Morgan fingerprint density at radius 1 is 0.897 bits per heavy atom. The van der Waals surface area contributed by atoms with Crippen LogP contribution in [-0.4, -0.2) is 69.8 Å². The lowest BCUT2D eigenvalue weighted by atomic mass is 10.1. The molecule has 0 saturated carbocycles. The van der Waals surface area contributed by atoms with Crippen LogP contribution in [0, 0.1) is 0 Å². The SMILES string of the molecule is COc1cccc(CCCN2CCN(C(=O)c3c(OC)cccc3OC)CC2)c1. The molecule has 0 bridgehead atoms. The van der Waals surface area contributed by atoms with Gasteiger partial charge in [0.05, 0.1) is 21.3 Å². The van der Waals surface area contributed by atoms with Crippen molar-refractivity contribution in [3.8, 4) is 17.2 Å². The second-order valence-electron chi connectivity index (χ2n) is 7.13. The van der Waals surface area contributed by atoms with Crippen LogP contribution >= 0.6 is 0 Å². The van der Waals surface area contributed by atoms with E-state index in [2.05, 4.69) is 17.0 Å². The molecule has 2 aromatic rings. The number of methoxy groups -OCH3 is 3. The van der Waals surface area contributed by atoms with Crippen LogP contribution in [0.1, 0.15) is 22.3 Å². The van der Waals surface area contributed by atoms with Gasteiger partial charge in [-0.15, -0.1) is 0 Å². The lowest BCUT2D eigenvalue weighted by Gasteiger charge is -2.35. The van der Waals surface area contributed by atoms with Gasteiger partial charge in [-0.1, -0.05) is 18.2 Å². The van der Waals surface area contributed by atoms with Crippen LogP contribution in [0.25, 0.3) is 0 Å². The molecule has 1 heterocycles. The fraction of sp³-hybridized carbons (Fsp3) is 0.435. The van der Waals surface area contributed by atoms with Crippen molar-refractivity contribution in [2.45, 2.75) is 12.8 Å². The normalized spacial score (nSPS) is 14.5. The average Bonchev–Trinajstić information content (AvgIpc) is 2.78. The van der Waals surface area contributed by atoms with Crippen molar-refractivity contribution in [3.63, 3.8) is 0 Å². The molecule has 0 aromatic heterocycles. The largest absolute Gasteiger partial charge is 0.497 e. The Hall–Kier alpha value is -2.73. The average molecular weight is 399 g/mol. The highest BCUT2D eigenvalue weighted by molar-refractivity contribution is 5.99. The first-order chi connectivity index (χ1) is 14.2. The van der Waals surface area contributed by atoms with Gasteiger partial charge in [-0.25, -0.2) is 0 Å². The highest BCUT2D eigenvalue weighted by Crippen LogP contribution is 2.29. The summed E-state index contributed by atoms with van der Waals surface area (Å²) in [4.78, 5) is 17.4. The number of amides is 1. The van der Waals surface area contributed by atoms with Gasteiger partial charge in [0, 0.05) is 26.2 Å². The maximum atomic E-state index is 13.1. The minimum Gasteiger partial charge on any atom is -0.497 e. The van der Waals surface area contributed by atoms with E-state index in [4.69, 9.17) is 14.2 Å². The fourth-order valence-electron chi connectivity index (χ4n) is 3.73. The zero-order chi connectivity index (χ0) is 20.6. The number of piperazine rings is 1. The number of nitrogens with zero attached hydrogens (tertiary/aromatic N) is 2. The standard InChI is InChI=1S/C23H30N2O4/c1-27-19-9-4-7-18(17-19)8-6-12-24-13-15-25(16-14-24)23(26)22-20(28-2)10-5-11-21(22)29-3/h4-5,7,9-11,17H,6,8,12-16H2,1-3H3. The number of carbonyl (C=O) groups excluding carboxylic acids is 1. The van der Waals surface area contributed by atoms with Gasteiger partial charge in [-0.05, 0) is 49.2 Å². The molecule has 0 aliphatic carbocycles. The molecule has 0 unspecified atom stereocenters. The molecule has 2 aromatic carbocycles. The van der Waals surface area contributed by atoms with E-state index >= 15 is 0 Å². The molecule has 1 saturated heterocycles. The molecule has 0 atom stereocenters. The number of benzene rings is 2. The van der Waals surface area contributed by atoms with Crippen LogP contribution in [0.5, 0.6) is 17.2 Å². The Bertz CT molecular complexity index is 794. The molecular formula is C23H30N2O4. The highest BCUT2D eigenvalue weighted by Gasteiger charge is 2.26. The van der Waals surface area contributed by atoms with Gasteiger partial charge in [0.25, 0.3) is 5.91 Å². The van der Waals surface area contributed by atoms with E-state index in [0.717, 1.165) is 38.2 Å². The number of carbonyl (C=O) groups is 1. The maximum Gasteiger partial charge on any atom is 0.261 e. The Morgan fingerprint density at radius 2 is 1.55 bits per heavy atom. The second kappa shape index (κ2) is 10.2. The van der Waals surface area contributed by atoms with Crippen LogP contribution in [0.15, 0.2) is 42.5 Å². The zero-order valence-electron chi connectivity index (χ0n) is 17.5. The van der Waals surface area contributed by atoms with Gasteiger partial charge >= 0.3 is 0 Å². The van der Waals surface area contributed by atoms with Gasteiger partial charge in [0.1, 0.15) is 22.8 Å². The quantitative estimate of drug-likeness (QED) is 0.684. The summed E-state index contributed by atoms with van der Waals surface area (Å²) in [6, 6.07) is 13.7. The van der Waals surface area contributed by atoms with Crippen molar-refractivity contribution in [3.05, 3.63) is 53.6 Å². The Morgan fingerprint density at radius 3 is 2.17 bits per heavy atom. The molecule has 6 nitrogen and oxygen atoms in total. The first kappa shape index (κ1) is 21.0. The number of ether oxygens (including phenoxy) is 3. The van der Waals surface area contributed by atoms with Crippen molar-refractivity contribution in [2.24, 2.45) is 0 Å². The van der Waals surface area contributed by atoms with E-state index < -0.39 is 0 Å². The fourth-order valence-corrected chi connectivity index (χ4v) is 3.73. The summed E-state index contributed by atoms with van der Waals surface area (Å²) in [6.07, 6.45) is 2.11. The van der Waals surface area contributed by atoms with Gasteiger partial charge in [0.2, 0.25) is 0 Å². The van der Waals surface area contributed by atoms with E-state index in [1.54, 1.807) is 33.5 Å². The van der Waals surface area contributed by atoms with E-state index in [0.29, 0.717) is 30.2 Å². The van der Waals surface area contributed by atoms with Crippen molar-refractivity contribution in [2.75, 3.05) is 54.1 Å². The maximum absolute atomic E-state index is 13.1. The van der Waals surface area contributed by atoms with Crippen molar-refractivity contribution in [1.82, 2.24) is 9.80 Å². The summed E-state index contributed by atoms with van der Waals surface area (Å²) in [5.74, 6) is 1.97. The lowest BCUT2D eigenvalue weighted by molar-refractivity contribution is 0.0629. The molecule has 1 fully saturated rings. The Balaban J connectivity index is 1.51. The van der Waals surface area contributed by atoms with Crippen molar-refractivity contribution < 1.29 is 19.0 Å². The minimum atomic E-state index is -0.0321. The predicted molar refractivity (Wildman–Crippen MR) is 113 cm³/mol. The molecule has 1 aliphatic rings. The predicted octanol–water partition coefficient (Wildman–Crippen LogP) is 3.10. The van der Waals surface area contributed by atoms with Crippen molar-refractivity contribution in [1.29, 1.82) is 0 Å². The van der Waals surface area contributed by atoms with Crippen LogP contribution in [0.3, 0.4) is 0 Å². The molecular weight excluding hydrogens is 368 g/mol. The van der Waals surface area contributed by atoms with E-state index in [9.17, 15) is 4.79 Å². The summed E-state index contributed by atoms with van der Waals surface area (Å²) in [5.41, 5.74) is 1.80. The van der Waals surface area contributed by atoms with Crippen LogP contribution < -0.4 is 14.2 Å². The van der Waals surface area contributed by atoms with Gasteiger partial charge in [-0.3, -0.25) is 9.69 Å². The smallest absolute Gasteiger partial charge is 0.261 e. The van der Waals surface area contributed by atoms with Crippen molar-refractivity contribution >= 4 is 5.91 Å². The van der Waals surface area contributed by atoms with E-state index in [1.165, 1.54) is 5.56 Å². The summed E-state index contributed by atoms with van der Waals surface area (Å²) in [5, 5.41) is 0. The molecule has 1 amide bonds. The first-order valence-corrected chi connectivity index (χ1v) is 10.0. The topological polar surface area (TPSA) is 51.2 Å². The molecule has 1 aliphatic heterocycles. The monoisotopic (exact) mass is 398 g/mol.